The van der Waals surface area contributed by atoms with Gasteiger partial charge in [0.25, 0.3) is 0 Å². The molecule has 0 aromatic carbocycles. The minimum Gasteiger partial charge on any atom is -0.461 e. The largest absolute Gasteiger partial charge is 0.461 e. The van der Waals surface area contributed by atoms with Gasteiger partial charge in [-0.1, -0.05) is 0 Å². The van der Waals surface area contributed by atoms with Gasteiger partial charge in [0.1, 0.15) is 5.69 Å². The lowest BCUT2D eigenvalue weighted by Crippen LogP contribution is -2.33. The number of carbonyl (C=O) groups excluding carboxylic acids is 2. The molecule has 1 aliphatic rings. The average molecular weight is 236 g/mol. The summed E-state index contributed by atoms with van der Waals surface area (Å²) in [5, 5.41) is 0. The van der Waals surface area contributed by atoms with E-state index < -0.39 is 0 Å². The third-order valence-electron chi connectivity index (χ3n) is 2.93. The van der Waals surface area contributed by atoms with Crippen molar-refractivity contribution >= 4 is 11.9 Å². The van der Waals surface area contributed by atoms with Gasteiger partial charge in [0.05, 0.1) is 13.2 Å². The quantitative estimate of drug-likeness (QED) is 0.782. The van der Waals surface area contributed by atoms with Crippen molar-refractivity contribution in [2.75, 3.05) is 13.2 Å². The number of hydrogen-bond donors (Lipinski definition) is 1. The summed E-state index contributed by atoms with van der Waals surface area (Å²) in [7, 11) is 0. The van der Waals surface area contributed by atoms with E-state index >= 15 is 0 Å². The molecule has 0 unspecified atom stereocenters. The highest BCUT2D eigenvalue weighted by molar-refractivity contribution is 5.88. The first-order valence-corrected chi connectivity index (χ1v) is 5.75. The Bertz CT molecular complexity index is 451. The van der Waals surface area contributed by atoms with E-state index in [0.717, 1.165) is 17.7 Å². The summed E-state index contributed by atoms with van der Waals surface area (Å²) >= 11 is 0. The lowest BCUT2D eigenvalue weighted by molar-refractivity contribution is -0.129. The molecule has 1 amide bonds. The molecular weight excluding hydrogens is 220 g/mol. The van der Waals surface area contributed by atoms with Crippen LogP contribution in [0.1, 0.15) is 35.6 Å². The number of ether oxygens (including phenoxy) is 1. The van der Waals surface area contributed by atoms with Crippen LogP contribution in [0.3, 0.4) is 0 Å². The molecule has 0 aliphatic carbocycles. The Morgan fingerprint density at radius 2 is 2.29 bits per heavy atom. The number of aromatic nitrogens is 1. The van der Waals surface area contributed by atoms with Crippen LogP contribution in [-0.2, 0) is 22.5 Å². The minimum atomic E-state index is -0.337. The van der Waals surface area contributed by atoms with E-state index in [1.807, 2.05) is 6.07 Å². The van der Waals surface area contributed by atoms with Gasteiger partial charge in [-0.2, -0.15) is 0 Å². The maximum Gasteiger partial charge on any atom is 0.354 e. The number of aromatic amines is 1. The highest BCUT2D eigenvalue weighted by atomic mass is 16.5. The van der Waals surface area contributed by atoms with Gasteiger partial charge in [-0.15, -0.1) is 0 Å². The molecule has 1 N–H and O–H groups in total. The van der Waals surface area contributed by atoms with Gasteiger partial charge in [-0.3, -0.25) is 4.79 Å². The Balaban J connectivity index is 2.17. The molecule has 0 fully saturated rings. The van der Waals surface area contributed by atoms with E-state index in [1.165, 1.54) is 0 Å². The monoisotopic (exact) mass is 236 g/mol. The molecular formula is C12H16N2O3. The lowest BCUT2D eigenvalue weighted by Gasteiger charge is -2.25. The fourth-order valence-corrected chi connectivity index (χ4v) is 2.02. The van der Waals surface area contributed by atoms with Crippen molar-refractivity contribution in [3.05, 3.63) is 23.0 Å². The van der Waals surface area contributed by atoms with Crippen LogP contribution < -0.4 is 0 Å². The third-order valence-corrected chi connectivity index (χ3v) is 2.93. The first-order chi connectivity index (χ1) is 8.11. The number of H-pyrrole nitrogens is 1. The molecule has 0 saturated carbocycles. The Hall–Kier alpha value is -1.78. The van der Waals surface area contributed by atoms with Gasteiger partial charge >= 0.3 is 5.97 Å². The van der Waals surface area contributed by atoms with E-state index in [-0.39, 0.29) is 11.9 Å². The van der Waals surface area contributed by atoms with Crippen molar-refractivity contribution in [2.24, 2.45) is 0 Å². The highest BCUT2D eigenvalue weighted by Crippen LogP contribution is 2.20. The zero-order valence-corrected chi connectivity index (χ0v) is 10.1. The molecule has 2 rings (SSSR count). The molecule has 0 atom stereocenters. The maximum atomic E-state index is 11.5. The van der Waals surface area contributed by atoms with Crippen LogP contribution in [0.15, 0.2) is 6.07 Å². The second-order valence-corrected chi connectivity index (χ2v) is 4.10. The summed E-state index contributed by atoms with van der Waals surface area (Å²) in [5.74, 6) is -0.279. The molecule has 1 aromatic rings. The number of esters is 1. The number of fused-ring (bicyclic) bond motifs is 1. The van der Waals surface area contributed by atoms with Crippen molar-refractivity contribution in [3.63, 3.8) is 0 Å². The number of hydrogen-bond acceptors (Lipinski definition) is 3. The molecule has 0 bridgehead atoms. The maximum absolute atomic E-state index is 11.5. The lowest BCUT2D eigenvalue weighted by atomic mass is 10.1. The summed E-state index contributed by atoms with van der Waals surface area (Å²) in [5.41, 5.74) is 2.52. The Kier molecular flexibility index (Phi) is 3.17. The third kappa shape index (κ3) is 2.33. The second kappa shape index (κ2) is 4.61. The molecule has 0 saturated heterocycles. The van der Waals surface area contributed by atoms with Gasteiger partial charge < -0.3 is 14.6 Å². The van der Waals surface area contributed by atoms with Gasteiger partial charge in [-0.05, 0) is 25.0 Å². The molecule has 1 aromatic heterocycles. The molecule has 0 radical (unpaired) electrons. The highest BCUT2D eigenvalue weighted by Gasteiger charge is 2.22. The van der Waals surface area contributed by atoms with Crippen molar-refractivity contribution in [3.8, 4) is 0 Å². The molecule has 5 heteroatoms. The summed E-state index contributed by atoms with van der Waals surface area (Å²) in [6.07, 6.45) is 0.783. The topological polar surface area (TPSA) is 62.4 Å². The average Bonchev–Trinajstić information content (AvgIpc) is 2.71. The van der Waals surface area contributed by atoms with Gasteiger partial charge in [0.2, 0.25) is 5.91 Å². The summed E-state index contributed by atoms with van der Waals surface area (Å²) in [4.78, 5) is 27.6. The minimum absolute atomic E-state index is 0.0583. The fraction of sp³-hybridized carbons (Fsp3) is 0.500. The van der Waals surface area contributed by atoms with Gasteiger partial charge in [0, 0.05) is 19.2 Å². The second-order valence-electron chi connectivity index (χ2n) is 4.10. The number of rotatable bonds is 2. The molecule has 17 heavy (non-hydrogen) atoms. The summed E-state index contributed by atoms with van der Waals surface area (Å²) in [6, 6.07) is 1.82. The van der Waals surface area contributed by atoms with Crippen LogP contribution >= 0.6 is 0 Å². The zero-order valence-electron chi connectivity index (χ0n) is 10.1. The normalized spacial score (nSPS) is 14.4. The smallest absolute Gasteiger partial charge is 0.354 e. The van der Waals surface area contributed by atoms with Crippen molar-refractivity contribution in [2.45, 2.75) is 26.8 Å². The summed E-state index contributed by atoms with van der Waals surface area (Å²) in [6.45, 7) is 4.95. The molecule has 5 nitrogen and oxygen atoms in total. The number of carbonyl (C=O) groups is 2. The Morgan fingerprint density at radius 3 is 2.94 bits per heavy atom. The van der Waals surface area contributed by atoms with Crippen LogP contribution in [0.2, 0.25) is 0 Å². The number of nitrogens with zero attached hydrogens (tertiary/aromatic N) is 1. The van der Waals surface area contributed by atoms with E-state index in [2.05, 4.69) is 4.98 Å². The molecule has 0 spiro atoms. The van der Waals surface area contributed by atoms with Crippen LogP contribution in [0, 0.1) is 0 Å². The number of amides is 1. The Labute approximate surface area is 99.8 Å². The predicted molar refractivity (Wildman–Crippen MR) is 61.5 cm³/mol. The summed E-state index contributed by atoms with van der Waals surface area (Å²) < 4.78 is 4.93. The standard InChI is InChI=1S/C12H16N2O3/c1-3-17-12(16)10-6-9-4-5-14(8(2)15)7-11(9)13-10/h6,13H,3-5,7H2,1-2H3. The first-order valence-electron chi connectivity index (χ1n) is 5.75. The predicted octanol–water partition coefficient (Wildman–Crippen LogP) is 1.10. The fourth-order valence-electron chi connectivity index (χ4n) is 2.02. The number of nitrogens with one attached hydrogen (secondary N) is 1. The van der Waals surface area contributed by atoms with Crippen LogP contribution in [0.4, 0.5) is 0 Å². The molecule has 92 valence electrons. The van der Waals surface area contributed by atoms with E-state index in [1.54, 1.807) is 18.7 Å². The molecule has 2 heterocycles. The van der Waals surface area contributed by atoms with E-state index in [9.17, 15) is 9.59 Å². The van der Waals surface area contributed by atoms with Gasteiger partial charge in [-0.25, -0.2) is 4.79 Å². The van der Waals surface area contributed by atoms with Crippen LogP contribution in [0.5, 0.6) is 0 Å². The van der Waals surface area contributed by atoms with Crippen molar-refractivity contribution in [1.29, 1.82) is 0 Å². The zero-order chi connectivity index (χ0) is 12.4. The van der Waals surface area contributed by atoms with Crippen molar-refractivity contribution < 1.29 is 14.3 Å². The Morgan fingerprint density at radius 1 is 1.53 bits per heavy atom. The van der Waals surface area contributed by atoms with E-state index in [0.29, 0.717) is 25.4 Å². The van der Waals surface area contributed by atoms with Gasteiger partial charge in [0.15, 0.2) is 0 Å². The SMILES string of the molecule is CCOC(=O)c1cc2c([nH]1)CN(C(C)=O)CC2. The van der Waals surface area contributed by atoms with Crippen molar-refractivity contribution in [1.82, 2.24) is 9.88 Å². The molecule has 1 aliphatic heterocycles. The van der Waals surface area contributed by atoms with Crippen LogP contribution in [-0.4, -0.2) is 34.9 Å². The van der Waals surface area contributed by atoms with E-state index in [4.69, 9.17) is 4.74 Å². The first kappa shape index (κ1) is 11.7. The van der Waals surface area contributed by atoms with Crippen LogP contribution in [0.25, 0.3) is 0 Å².